The zero-order valence-electron chi connectivity index (χ0n) is 10.2. The average molecular weight is 290 g/mol. The number of anilines is 1. The van der Waals surface area contributed by atoms with Gasteiger partial charge in [-0.1, -0.05) is 5.21 Å². The molecular formula is C11H10N6O2S. The average Bonchev–Trinajstić information content (AvgIpc) is 3.07. The minimum atomic E-state index is -1.08. The van der Waals surface area contributed by atoms with Crippen LogP contribution in [-0.4, -0.2) is 42.6 Å². The molecule has 3 aromatic heterocycles. The lowest BCUT2D eigenvalue weighted by Gasteiger charge is -2.05. The standard InChI is InChI=1S/C11H10N6O2S/c18-11(19)8-5-17(16-15-8)3-2-12-9-7-1-4-20-10(7)14-6-13-9/h1,4-6H,2-3H2,(H,18,19)(H,12,13,14). The molecule has 0 aromatic carbocycles. The van der Waals surface area contributed by atoms with Crippen LogP contribution in [0.4, 0.5) is 5.82 Å². The largest absolute Gasteiger partial charge is 0.476 e. The molecule has 3 rings (SSSR count). The molecule has 0 saturated carbocycles. The van der Waals surface area contributed by atoms with E-state index in [0.717, 1.165) is 16.0 Å². The van der Waals surface area contributed by atoms with Crippen molar-refractivity contribution in [1.82, 2.24) is 25.0 Å². The summed E-state index contributed by atoms with van der Waals surface area (Å²) in [7, 11) is 0. The Morgan fingerprint density at radius 3 is 3.15 bits per heavy atom. The third-order valence-electron chi connectivity index (χ3n) is 2.65. The summed E-state index contributed by atoms with van der Waals surface area (Å²) in [6, 6.07) is 1.96. The summed E-state index contributed by atoms with van der Waals surface area (Å²) in [5, 5.41) is 22.1. The molecule has 0 spiro atoms. The molecule has 0 radical (unpaired) electrons. The van der Waals surface area contributed by atoms with E-state index in [-0.39, 0.29) is 5.69 Å². The molecule has 0 aliphatic rings. The van der Waals surface area contributed by atoms with E-state index in [1.165, 1.54) is 17.2 Å². The molecule has 0 aliphatic heterocycles. The van der Waals surface area contributed by atoms with Gasteiger partial charge in [-0.25, -0.2) is 19.4 Å². The predicted octanol–water partition coefficient (Wildman–Crippen LogP) is 1.09. The van der Waals surface area contributed by atoms with Crippen LogP contribution in [0.1, 0.15) is 10.5 Å². The third kappa shape index (κ3) is 2.43. The monoisotopic (exact) mass is 290 g/mol. The lowest BCUT2D eigenvalue weighted by atomic mass is 10.4. The van der Waals surface area contributed by atoms with Crippen LogP contribution < -0.4 is 5.32 Å². The van der Waals surface area contributed by atoms with Gasteiger partial charge in [0.1, 0.15) is 17.0 Å². The van der Waals surface area contributed by atoms with Crippen LogP contribution in [0.15, 0.2) is 24.0 Å². The maximum Gasteiger partial charge on any atom is 0.358 e. The number of thiophene rings is 1. The molecule has 2 N–H and O–H groups in total. The van der Waals surface area contributed by atoms with Crippen LogP contribution in [0.5, 0.6) is 0 Å². The molecule has 20 heavy (non-hydrogen) atoms. The molecule has 9 heteroatoms. The Hall–Kier alpha value is -2.55. The fraction of sp³-hybridized carbons (Fsp3) is 0.182. The molecular weight excluding hydrogens is 280 g/mol. The van der Waals surface area contributed by atoms with Gasteiger partial charge in [-0.05, 0) is 11.4 Å². The smallest absolute Gasteiger partial charge is 0.358 e. The van der Waals surface area contributed by atoms with Gasteiger partial charge >= 0.3 is 5.97 Å². The van der Waals surface area contributed by atoms with Gasteiger partial charge in [0.05, 0.1) is 18.1 Å². The minimum absolute atomic E-state index is 0.0627. The van der Waals surface area contributed by atoms with Crippen molar-refractivity contribution in [3.8, 4) is 0 Å². The summed E-state index contributed by atoms with van der Waals surface area (Å²) >= 11 is 1.55. The van der Waals surface area contributed by atoms with E-state index in [0.29, 0.717) is 13.1 Å². The second kappa shape index (κ2) is 5.21. The fourth-order valence-electron chi connectivity index (χ4n) is 1.73. The highest BCUT2D eigenvalue weighted by Gasteiger charge is 2.08. The Kier molecular flexibility index (Phi) is 3.25. The van der Waals surface area contributed by atoms with Crippen LogP contribution in [0.25, 0.3) is 10.2 Å². The molecule has 0 aliphatic carbocycles. The molecule has 0 atom stereocenters. The number of fused-ring (bicyclic) bond motifs is 1. The molecule has 3 aromatic rings. The number of nitrogens with one attached hydrogen (secondary N) is 1. The zero-order valence-corrected chi connectivity index (χ0v) is 11.0. The van der Waals surface area contributed by atoms with E-state index in [1.54, 1.807) is 11.3 Å². The van der Waals surface area contributed by atoms with Gasteiger partial charge in [0.15, 0.2) is 5.69 Å². The lowest BCUT2D eigenvalue weighted by molar-refractivity contribution is 0.0690. The van der Waals surface area contributed by atoms with Crippen molar-refractivity contribution in [2.75, 3.05) is 11.9 Å². The van der Waals surface area contributed by atoms with Gasteiger partial charge < -0.3 is 10.4 Å². The highest BCUT2D eigenvalue weighted by Crippen LogP contribution is 2.23. The second-order valence-corrected chi connectivity index (χ2v) is 4.86. The summed E-state index contributed by atoms with van der Waals surface area (Å²) in [4.78, 5) is 20.0. The number of nitrogens with zero attached hydrogens (tertiary/aromatic N) is 5. The number of aromatic nitrogens is 5. The number of hydrogen-bond acceptors (Lipinski definition) is 7. The van der Waals surface area contributed by atoms with Crippen LogP contribution in [0.3, 0.4) is 0 Å². The van der Waals surface area contributed by atoms with E-state index in [4.69, 9.17) is 5.11 Å². The van der Waals surface area contributed by atoms with Crippen molar-refractivity contribution in [3.05, 3.63) is 29.7 Å². The number of aromatic carboxylic acids is 1. The lowest BCUT2D eigenvalue weighted by Crippen LogP contribution is -2.12. The van der Waals surface area contributed by atoms with Gasteiger partial charge in [0, 0.05) is 6.54 Å². The number of carboxylic acids is 1. The maximum absolute atomic E-state index is 10.7. The van der Waals surface area contributed by atoms with Gasteiger partial charge in [-0.3, -0.25) is 0 Å². The van der Waals surface area contributed by atoms with Crippen molar-refractivity contribution < 1.29 is 9.90 Å². The fourth-order valence-corrected chi connectivity index (χ4v) is 2.46. The Bertz CT molecular complexity index is 752. The molecule has 0 amide bonds. The first-order chi connectivity index (χ1) is 9.74. The second-order valence-electron chi connectivity index (χ2n) is 3.96. The highest BCUT2D eigenvalue weighted by atomic mass is 32.1. The number of carbonyl (C=O) groups is 1. The van der Waals surface area contributed by atoms with E-state index in [1.807, 2.05) is 11.4 Å². The van der Waals surface area contributed by atoms with Crippen LogP contribution in [0.2, 0.25) is 0 Å². The quantitative estimate of drug-likeness (QED) is 0.724. The normalized spacial score (nSPS) is 10.8. The third-order valence-corrected chi connectivity index (χ3v) is 3.47. The molecule has 102 valence electrons. The van der Waals surface area contributed by atoms with Crippen molar-refractivity contribution >= 4 is 33.3 Å². The Labute approximate surface area is 117 Å². The van der Waals surface area contributed by atoms with Crippen LogP contribution >= 0.6 is 11.3 Å². The highest BCUT2D eigenvalue weighted by molar-refractivity contribution is 7.16. The van der Waals surface area contributed by atoms with E-state index < -0.39 is 5.97 Å². The summed E-state index contributed by atoms with van der Waals surface area (Å²) in [6.45, 7) is 1.06. The number of hydrogen-bond donors (Lipinski definition) is 2. The number of rotatable bonds is 5. The van der Waals surface area contributed by atoms with E-state index >= 15 is 0 Å². The van der Waals surface area contributed by atoms with Crippen LogP contribution in [-0.2, 0) is 6.54 Å². The Morgan fingerprint density at radius 2 is 2.35 bits per heavy atom. The van der Waals surface area contributed by atoms with Crippen molar-refractivity contribution in [1.29, 1.82) is 0 Å². The van der Waals surface area contributed by atoms with Gasteiger partial charge in [-0.2, -0.15) is 0 Å². The summed E-state index contributed by atoms with van der Waals surface area (Å²) in [5.41, 5.74) is -0.0627. The molecule has 3 heterocycles. The van der Waals surface area contributed by atoms with E-state index in [2.05, 4.69) is 25.6 Å². The summed E-state index contributed by atoms with van der Waals surface area (Å²) in [5.74, 6) is -0.324. The summed E-state index contributed by atoms with van der Waals surface area (Å²) < 4.78 is 1.47. The molecule has 0 fully saturated rings. The van der Waals surface area contributed by atoms with Gasteiger partial charge in [0.2, 0.25) is 0 Å². The van der Waals surface area contributed by atoms with Gasteiger partial charge in [0.25, 0.3) is 0 Å². The van der Waals surface area contributed by atoms with Crippen molar-refractivity contribution in [2.45, 2.75) is 6.54 Å². The molecule has 0 saturated heterocycles. The maximum atomic E-state index is 10.7. The zero-order chi connectivity index (χ0) is 13.9. The van der Waals surface area contributed by atoms with Crippen molar-refractivity contribution in [3.63, 3.8) is 0 Å². The molecule has 0 unspecified atom stereocenters. The van der Waals surface area contributed by atoms with Crippen molar-refractivity contribution in [2.24, 2.45) is 0 Å². The van der Waals surface area contributed by atoms with Gasteiger partial charge in [-0.15, -0.1) is 16.4 Å². The van der Waals surface area contributed by atoms with Crippen LogP contribution in [0, 0.1) is 0 Å². The Balaban J connectivity index is 1.64. The molecule has 8 nitrogen and oxygen atoms in total. The molecule has 0 bridgehead atoms. The minimum Gasteiger partial charge on any atom is -0.476 e. The number of carboxylic acid groups (broad SMARTS) is 1. The topological polar surface area (TPSA) is 106 Å². The first-order valence-electron chi connectivity index (χ1n) is 5.79. The SMILES string of the molecule is O=C(O)c1cn(CCNc2ncnc3sccc23)nn1. The Morgan fingerprint density at radius 1 is 1.45 bits per heavy atom. The van der Waals surface area contributed by atoms with E-state index in [9.17, 15) is 4.79 Å². The first-order valence-corrected chi connectivity index (χ1v) is 6.67. The summed E-state index contributed by atoms with van der Waals surface area (Å²) in [6.07, 6.45) is 2.91. The predicted molar refractivity (Wildman–Crippen MR) is 72.9 cm³/mol. The first kappa shape index (κ1) is 12.5.